The Balaban J connectivity index is 1.73. The Morgan fingerprint density at radius 2 is 1.77 bits per heavy atom. The summed E-state index contributed by atoms with van der Waals surface area (Å²) in [4.78, 5) is 13.4. The first-order chi connectivity index (χ1) is 10.3. The molecule has 0 bridgehead atoms. The number of nitrogens with zero attached hydrogens (tertiary/aromatic N) is 1. The number of amides is 1. The van der Waals surface area contributed by atoms with E-state index in [2.05, 4.69) is 5.32 Å². The van der Waals surface area contributed by atoms with Crippen LogP contribution in [0.2, 0.25) is 0 Å². The minimum absolute atomic E-state index is 0.0869. The number of hydrogen-bond acceptors (Lipinski definition) is 3. The first-order valence-electron chi connectivity index (χ1n) is 8.19. The molecule has 0 aromatic carbocycles. The lowest BCUT2D eigenvalue weighted by Gasteiger charge is -2.37. The molecule has 0 radical (unpaired) electrons. The van der Waals surface area contributed by atoms with Crippen molar-refractivity contribution in [1.82, 2.24) is 10.2 Å². The molecule has 1 heterocycles. The second kappa shape index (κ2) is 7.64. The largest absolute Gasteiger partial charge is 0.390 e. The molecule has 1 aliphatic carbocycles. The topological polar surface area (TPSA) is 58.4 Å². The van der Waals surface area contributed by atoms with Crippen molar-refractivity contribution in [1.29, 1.82) is 0 Å². The third-order valence-corrected chi connectivity index (χ3v) is 4.88. The van der Waals surface area contributed by atoms with Gasteiger partial charge in [0.25, 0.3) is 0 Å². The summed E-state index contributed by atoms with van der Waals surface area (Å²) in [6, 6.07) is 0.421. The molecule has 2 atom stereocenters. The number of primary amides is 1. The van der Waals surface area contributed by atoms with E-state index >= 15 is 0 Å². The van der Waals surface area contributed by atoms with Gasteiger partial charge in [-0.15, -0.1) is 0 Å². The van der Waals surface area contributed by atoms with Gasteiger partial charge in [-0.1, -0.05) is 12.8 Å². The first kappa shape index (κ1) is 17.5. The van der Waals surface area contributed by atoms with E-state index in [-0.39, 0.29) is 30.5 Å². The van der Waals surface area contributed by atoms with Crippen LogP contribution in [0.1, 0.15) is 44.9 Å². The highest BCUT2D eigenvalue weighted by molar-refractivity contribution is 5.77. The van der Waals surface area contributed by atoms with E-state index in [1.54, 1.807) is 0 Å². The normalized spacial score (nSPS) is 28.7. The van der Waals surface area contributed by atoms with Crippen LogP contribution in [0.15, 0.2) is 0 Å². The summed E-state index contributed by atoms with van der Waals surface area (Å²) in [5, 5.41) is 3.53. The Bertz CT molecular complexity index is 368. The lowest BCUT2D eigenvalue weighted by molar-refractivity contribution is -0.138. The Labute approximate surface area is 129 Å². The van der Waals surface area contributed by atoms with Gasteiger partial charge in [0, 0.05) is 18.6 Å². The third-order valence-electron chi connectivity index (χ3n) is 4.88. The smallest absolute Gasteiger partial charge is 0.369 e. The SMILES string of the molecule is NC(=O)C1CCCCC1NC1CCN(CCC(F)(F)F)CC1. The Morgan fingerprint density at radius 1 is 1.14 bits per heavy atom. The van der Waals surface area contributed by atoms with Crippen molar-refractivity contribution in [3.8, 4) is 0 Å². The summed E-state index contributed by atoms with van der Waals surface area (Å²) < 4.78 is 36.7. The molecular weight excluding hydrogens is 295 g/mol. The maximum absolute atomic E-state index is 12.2. The van der Waals surface area contributed by atoms with Crippen LogP contribution in [-0.4, -0.2) is 48.7 Å². The van der Waals surface area contributed by atoms with Gasteiger partial charge in [-0.2, -0.15) is 13.2 Å². The van der Waals surface area contributed by atoms with Crippen molar-refractivity contribution in [3.05, 3.63) is 0 Å². The van der Waals surface area contributed by atoms with E-state index in [1.165, 1.54) is 0 Å². The quantitative estimate of drug-likeness (QED) is 0.815. The third kappa shape index (κ3) is 5.43. The number of halogens is 3. The maximum Gasteiger partial charge on any atom is 0.390 e. The van der Waals surface area contributed by atoms with Crippen LogP contribution >= 0.6 is 0 Å². The Morgan fingerprint density at radius 3 is 2.36 bits per heavy atom. The van der Waals surface area contributed by atoms with Crippen molar-refractivity contribution in [2.24, 2.45) is 11.7 Å². The van der Waals surface area contributed by atoms with Gasteiger partial charge in [-0.3, -0.25) is 4.79 Å². The molecule has 0 aromatic heterocycles. The van der Waals surface area contributed by atoms with Crippen LogP contribution in [-0.2, 0) is 4.79 Å². The Hall–Kier alpha value is -0.820. The highest BCUT2D eigenvalue weighted by Gasteiger charge is 2.32. The van der Waals surface area contributed by atoms with E-state index in [0.717, 1.165) is 38.5 Å². The van der Waals surface area contributed by atoms with E-state index in [4.69, 9.17) is 5.73 Å². The number of piperidine rings is 1. The van der Waals surface area contributed by atoms with Crippen LogP contribution in [0.4, 0.5) is 13.2 Å². The average Bonchev–Trinajstić information content (AvgIpc) is 2.46. The van der Waals surface area contributed by atoms with E-state index in [9.17, 15) is 18.0 Å². The Kier molecular flexibility index (Phi) is 6.09. The van der Waals surface area contributed by atoms with Gasteiger partial charge in [0.2, 0.25) is 5.91 Å². The number of likely N-dealkylation sites (tertiary alicyclic amines) is 1. The molecule has 3 N–H and O–H groups in total. The summed E-state index contributed by atoms with van der Waals surface area (Å²) >= 11 is 0. The van der Waals surface area contributed by atoms with Gasteiger partial charge in [0.1, 0.15) is 0 Å². The molecule has 4 nitrogen and oxygen atoms in total. The van der Waals surface area contributed by atoms with Crippen molar-refractivity contribution < 1.29 is 18.0 Å². The standard InChI is InChI=1S/C15H26F3N3O/c16-15(17,18)7-10-21-8-5-11(6-9-21)20-13-4-2-1-3-12(13)14(19)22/h11-13,20H,1-10H2,(H2,19,22). The van der Waals surface area contributed by atoms with Crippen LogP contribution < -0.4 is 11.1 Å². The molecule has 2 aliphatic rings. The van der Waals surface area contributed by atoms with Gasteiger partial charge in [0.05, 0.1) is 12.3 Å². The predicted molar refractivity (Wildman–Crippen MR) is 78.2 cm³/mol. The van der Waals surface area contributed by atoms with Gasteiger partial charge in [-0.05, 0) is 38.8 Å². The lowest BCUT2D eigenvalue weighted by atomic mass is 9.83. The molecule has 2 fully saturated rings. The number of hydrogen-bond donors (Lipinski definition) is 2. The molecule has 2 unspecified atom stereocenters. The summed E-state index contributed by atoms with van der Waals surface area (Å²) in [6.45, 7) is 1.45. The van der Waals surface area contributed by atoms with Crippen molar-refractivity contribution >= 4 is 5.91 Å². The lowest BCUT2D eigenvalue weighted by Crippen LogP contribution is -2.52. The van der Waals surface area contributed by atoms with Gasteiger partial charge in [0.15, 0.2) is 0 Å². The number of nitrogens with two attached hydrogens (primary N) is 1. The van der Waals surface area contributed by atoms with Gasteiger partial charge < -0.3 is 16.0 Å². The zero-order valence-electron chi connectivity index (χ0n) is 12.9. The number of rotatable bonds is 5. The zero-order chi connectivity index (χ0) is 16.2. The zero-order valence-corrected chi connectivity index (χ0v) is 12.9. The summed E-state index contributed by atoms with van der Waals surface area (Å²) in [5.74, 6) is -0.336. The molecular formula is C15H26F3N3O. The van der Waals surface area contributed by atoms with Gasteiger partial charge >= 0.3 is 6.18 Å². The number of carbonyl (C=O) groups excluding carboxylic acids is 1. The second-order valence-corrected chi connectivity index (χ2v) is 6.55. The van der Waals surface area contributed by atoms with Crippen LogP contribution in [0.5, 0.6) is 0 Å². The van der Waals surface area contributed by atoms with E-state index < -0.39 is 12.6 Å². The molecule has 0 spiro atoms. The minimum atomic E-state index is -4.08. The fourth-order valence-corrected chi connectivity index (χ4v) is 3.58. The molecule has 1 saturated carbocycles. The van der Waals surface area contributed by atoms with E-state index in [0.29, 0.717) is 13.1 Å². The highest BCUT2D eigenvalue weighted by atomic mass is 19.4. The predicted octanol–water partition coefficient (Wildman–Crippen LogP) is 2.04. The first-order valence-corrected chi connectivity index (χ1v) is 8.19. The molecule has 2 rings (SSSR count). The molecule has 1 saturated heterocycles. The van der Waals surface area contributed by atoms with Crippen LogP contribution in [0.25, 0.3) is 0 Å². The minimum Gasteiger partial charge on any atom is -0.369 e. The summed E-state index contributed by atoms with van der Waals surface area (Å²) in [6.07, 6.45) is 0.802. The highest BCUT2D eigenvalue weighted by Crippen LogP contribution is 2.26. The van der Waals surface area contributed by atoms with Crippen LogP contribution in [0.3, 0.4) is 0 Å². The molecule has 1 aliphatic heterocycles. The average molecular weight is 321 g/mol. The summed E-state index contributed by atoms with van der Waals surface area (Å²) in [5.41, 5.74) is 5.47. The fraction of sp³-hybridized carbons (Fsp3) is 0.933. The number of alkyl halides is 3. The van der Waals surface area contributed by atoms with Crippen molar-refractivity contribution in [3.63, 3.8) is 0 Å². The number of carbonyl (C=O) groups is 1. The molecule has 1 amide bonds. The molecule has 7 heteroatoms. The maximum atomic E-state index is 12.2. The number of nitrogens with one attached hydrogen (secondary N) is 1. The van der Waals surface area contributed by atoms with E-state index in [1.807, 2.05) is 4.90 Å². The fourth-order valence-electron chi connectivity index (χ4n) is 3.58. The summed E-state index contributed by atoms with van der Waals surface area (Å²) in [7, 11) is 0. The monoisotopic (exact) mass is 321 g/mol. The molecule has 22 heavy (non-hydrogen) atoms. The van der Waals surface area contributed by atoms with Crippen molar-refractivity contribution in [2.75, 3.05) is 19.6 Å². The van der Waals surface area contributed by atoms with Gasteiger partial charge in [-0.25, -0.2) is 0 Å². The second-order valence-electron chi connectivity index (χ2n) is 6.55. The van der Waals surface area contributed by atoms with Crippen LogP contribution in [0, 0.1) is 5.92 Å². The molecule has 128 valence electrons. The van der Waals surface area contributed by atoms with Crippen molar-refractivity contribution in [2.45, 2.75) is 63.2 Å². The molecule has 0 aromatic rings.